The number of ether oxygens (including phenoxy) is 2. The van der Waals surface area contributed by atoms with Crippen LogP contribution in [0.3, 0.4) is 0 Å². The van der Waals surface area contributed by atoms with Crippen molar-refractivity contribution in [3.63, 3.8) is 0 Å². The molecule has 0 radical (unpaired) electrons. The standard InChI is InChI=1S/C24H19BrClN3O3/c1-14-23(32-21-5-3-2-4-19(21)25)22(29-24(27)28-14)18-11-10-17(12-20(18)30)31-13-15-6-8-16(26)9-7-15/h2-12,30H,13H2,1H3,(H2,27,28,29). The van der Waals surface area contributed by atoms with Crippen LogP contribution in [0.1, 0.15) is 11.3 Å². The summed E-state index contributed by atoms with van der Waals surface area (Å²) in [7, 11) is 0. The number of hydrogen-bond acceptors (Lipinski definition) is 6. The molecule has 32 heavy (non-hydrogen) atoms. The molecular weight excluding hydrogens is 494 g/mol. The molecule has 4 aromatic rings. The van der Waals surface area contributed by atoms with Crippen LogP contribution in [0, 0.1) is 6.92 Å². The van der Waals surface area contributed by atoms with Crippen molar-refractivity contribution in [1.82, 2.24) is 9.97 Å². The van der Waals surface area contributed by atoms with E-state index >= 15 is 0 Å². The summed E-state index contributed by atoms with van der Waals surface area (Å²) in [5, 5.41) is 11.4. The summed E-state index contributed by atoms with van der Waals surface area (Å²) in [5.74, 6) is 1.56. The topological polar surface area (TPSA) is 90.5 Å². The van der Waals surface area contributed by atoms with Gasteiger partial charge in [-0.3, -0.25) is 0 Å². The van der Waals surface area contributed by atoms with Crippen LogP contribution in [0.15, 0.2) is 71.2 Å². The number of anilines is 1. The van der Waals surface area contributed by atoms with E-state index in [1.165, 1.54) is 6.07 Å². The molecule has 0 saturated carbocycles. The lowest BCUT2D eigenvalue weighted by atomic mass is 10.1. The molecule has 0 aliphatic carbocycles. The summed E-state index contributed by atoms with van der Waals surface area (Å²) in [6.07, 6.45) is 0. The van der Waals surface area contributed by atoms with Gasteiger partial charge in [0.15, 0.2) is 5.75 Å². The molecule has 1 aromatic heterocycles. The number of hydrogen-bond donors (Lipinski definition) is 2. The van der Waals surface area contributed by atoms with Crippen molar-refractivity contribution in [1.29, 1.82) is 0 Å². The number of nitrogen functional groups attached to an aromatic ring is 1. The number of nitrogens with zero attached hydrogens (tertiary/aromatic N) is 2. The van der Waals surface area contributed by atoms with E-state index in [9.17, 15) is 5.11 Å². The van der Waals surface area contributed by atoms with Gasteiger partial charge in [-0.1, -0.05) is 35.9 Å². The maximum Gasteiger partial charge on any atom is 0.221 e. The van der Waals surface area contributed by atoms with E-state index in [4.69, 9.17) is 26.8 Å². The first-order valence-corrected chi connectivity index (χ1v) is 10.8. The van der Waals surface area contributed by atoms with Gasteiger partial charge in [-0.25, -0.2) is 9.97 Å². The number of aryl methyl sites for hydroxylation is 1. The number of rotatable bonds is 6. The smallest absolute Gasteiger partial charge is 0.221 e. The van der Waals surface area contributed by atoms with Gasteiger partial charge in [-0.05, 0) is 64.8 Å². The molecule has 4 rings (SSSR count). The van der Waals surface area contributed by atoms with Crippen LogP contribution in [0.2, 0.25) is 5.02 Å². The Balaban J connectivity index is 1.64. The van der Waals surface area contributed by atoms with Gasteiger partial charge in [0.25, 0.3) is 0 Å². The predicted molar refractivity (Wildman–Crippen MR) is 128 cm³/mol. The van der Waals surface area contributed by atoms with Gasteiger partial charge in [0.2, 0.25) is 5.95 Å². The summed E-state index contributed by atoms with van der Waals surface area (Å²) in [4.78, 5) is 8.55. The molecule has 1 heterocycles. The highest BCUT2D eigenvalue weighted by Gasteiger charge is 2.19. The number of aromatic hydroxyl groups is 1. The van der Waals surface area contributed by atoms with E-state index in [2.05, 4.69) is 25.9 Å². The molecule has 3 N–H and O–H groups in total. The van der Waals surface area contributed by atoms with Crippen LogP contribution in [0.25, 0.3) is 11.3 Å². The van der Waals surface area contributed by atoms with Gasteiger partial charge in [0, 0.05) is 16.7 Å². The summed E-state index contributed by atoms with van der Waals surface area (Å²) < 4.78 is 12.7. The average Bonchev–Trinajstić information content (AvgIpc) is 2.76. The maximum absolute atomic E-state index is 10.7. The van der Waals surface area contributed by atoms with Gasteiger partial charge in [0.1, 0.15) is 29.5 Å². The zero-order valence-electron chi connectivity index (χ0n) is 17.0. The van der Waals surface area contributed by atoms with Crippen LogP contribution in [-0.4, -0.2) is 15.1 Å². The van der Waals surface area contributed by atoms with Crippen molar-refractivity contribution >= 4 is 33.5 Å². The molecule has 3 aromatic carbocycles. The first-order chi connectivity index (χ1) is 15.4. The third-order valence-electron chi connectivity index (χ3n) is 4.64. The van der Waals surface area contributed by atoms with Crippen LogP contribution in [-0.2, 0) is 6.61 Å². The quantitative estimate of drug-likeness (QED) is 0.305. The molecule has 0 saturated heterocycles. The first-order valence-electron chi connectivity index (χ1n) is 9.68. The lowest BCUT2D eigenvalue weighted by molar-refractivity contribution is 0.304. The SMILES string of the molecule is Cc1nc(N)nc(-c2ccc(OCc3ccc(Cl)cc3)cc2O)c1Oc1ccccc1Br. The minimum absolute atomic E-state index is 0.0203. The van der Waals surface area contributed by atoms with Crippen LogP contribution < -0.4 is 15.2 Å². The van der Waals surface area contributed by atoms with E-state index in [1.54, 1.807) is 31.2 Å². The van der Waals surface area contributed by atoms with E-state index < -0.39 is 0 Å². The molecule has 0 unspecified atom stereocenters. The molecule has 0 amide bonds. The number of phenols is 1. The van der Waals surface area contributed by atoms with Crippen molar-refractivity contribution in [2.24, 2.45) is 0 Å². The zero-order valence-corrected chi connectivity index (χ0v) is 19.4. The number of nitrogens with two attached hydrogens (primary N) is 1. The largest absolute Gasteiger partial charge is 0.507 e. The van der Waals surface area contributed by atoms with Crippen LogP contribution >= 0.6 is 27.5 Å². The van der Waals surface area contributed by atoms with Gasteiger partial charge in [-0.2, -0.15) is 0 Å². The summed E-state index contributed by atoms with van der Waals surface area (Å²) in [6, 6.07) is 19.8. The Morgan fingerprint density at radius 2 is 1.78 bits per heavy atom. The van der Waals surface area contributed by atoms with Crippen LogP contribution in [0.5, 0.6) is 23.0 Å². The fourth-order valence-electron chi connectivity index (χ4n) is 3.08. The summed E-state index contributed by atoms with van der Waals surface area (Å²) in [5.41, 5.74) is 8.22. The third kappa shape index (κ3) is 4.95. The Morgan fingerprint density at radius 3 is 2.50 bits per heavy atom. The molecule has 6 nitrogen and oxygen atoms in total. The molecule has 0 fully saturated rings. The number of para-hydroxylation sites is 1. The summed E-state index contributed by atoms with van der Waals surface area (Å²) >= 11 is 9.39. The lowest BCUT2D eigenvalue weighted by Gasteiger charge is -2.15. The van der Waals surface area contributed by atoms with Crippen molar-refractivity contribution in [2.45, 2.75) is 13.5 Å². The fraction of sp³-hybridized carbons (Fsp3) is 0.0833. The normalized spacial score (nSPS) is 10.7. The molecule has 0 aliphatic rings. The maximum atomic E-state index is 10.7. The van der Waals surface area contributed by atoms with Gasteiger partial charge >= 0.3 is 0 Å². The number of halogens is 2. The number of phenolic OH excluding ortho intramolecular Hbond substituents is 1. The second-order valence-electron chi connectivity index (χ2n) is 6.97. The molecule has 162 valence electrons. The van der Waals surface area contributed by atoms with Crippen molar-refractivity contribution in [2.75, 3.05) is 5.73 Å². The Bertz CT molecular complexity index is 1270. The minimum atomic E-state index is -0.0203. The third-order valence-corrected chi connectivity index (χ3v) is 5.55. The Hall–Kier alpha value is -3.29. The molecule has 0 bridgehead atoms. The second-order valence-corrected chi connectivity index (χ2v) is 8.26. The van der Waals surface area contributed by atoms with Gasteiger partial charge in [-0.15, -0.1) is 0 Å². The summed E-state index contributed by atoms with van der Waals surface area (Å²) in [6.45, 7) is 2.11. The van der Waals surface area contributed by atoms with Crippen molar-refractivity contribution in [3.8, 4) is 34.3 Å². The molecule has 0 spiro atoms. The zero-order chi connectivity index (χ0) is 22.7. The molecular formula is C24H19BrClN3O3. The average molecular weight is 513 g/mol. The highest BCUT2D eigenvalue weighted by atomic mass is 79.9. The Labute approximate surface area is 198 Å². The Kier molecular flexibility index (Phi) is 6.48. The van der Waals surface area contributed by atoms with E-state index in [0.717, 1.165) is 10.0 Å². The number of aromatic nitrogens is 2. The minimum Gasteiger partial charge on any atom is -0.507 e. The predicted octanol–water partition coefficient (Wildman–Crippen LogP) is 6.53. The van der Waals surface area contributed by atoms with Crippen LogP contribution in [0.4, 0.5) is 5.95 Å². The molecule has 0 atom stereocenters. The lowest BCUT2D eigenvalue weighted by Crippen LogP contribution is -2.03. The number of benzene rings is 3. The monoisotopic (exact) mass is 511 g/mol. The van der Waals surface area contributed by atoms with Gasteiger partial charge < -0.3 is 20.3 Å². The second kappa shape index (κ2) is 9.46. The highest BCUT2D eigenvalue weighted by molar-refractivity contribution is 9.10. The van der Waals surface area contributed by atoms with E-state index in [-0.39, 0.29) is 11.7 Å². The van der Waals surface area contributed by atoms with E-state index in [1.807, 2.05) is 36.4 Å². The van der Waals surface area contributed by atoms with Gasteiger partial charge in [0.05, 0.1) is 10.2 Å². The molecule has 8 heteroatoms. The van der Waals surface area contributed by atoms with E-state index in [0.29, 0.717) is 45.8 Å². The first kappa shape index (κ1) is 21.9. The highest BCUT2D eigenvalue weighted by Crippen LogP contribution is 2.41. The van der Waals surface area contributed by atoms with Crippen molar-refractivity contribution in [3.05, 3.63) is 87.5 Å². The molecule has 0 aliphatic heterocycles. The Morgan fingerprint density at radius 1 is 1.03 bits per heavy atom. The van der Waals surface area contributed by atoms with Crippen molar-refractivity contribution < 1.29 is 14.6 Å². The fourth-order valence-corrected chi connectivity index (χ4v) is 3.57.